The number of alkyl halides is 3. The van der Waals surface area contributed by atoms with Crippen molar-refractivity contribution in [1.29, 1.82) is 0 Å². The number of aliphatic hydroxyl groups excluding tert-OH is 1. The predicted molar refractivity (Wildman–Crippen MR) is 117 cm³/mol. The van der Waals surface area contributed by atoms with E-state index in [0.29, 0.717) is 61.7 Å². The Bertz CT molecular complexity index is 923. The summed E-state index contributed by atoms with van der Waals surface area (Å²) in [5, 5.41) is 24.4. The predicted octanol–water partition coefficient (Wildman–Crippen LogP) is 2.94. The fourth-order valence-electron chi connectivity index (χ4n) is 3.79. The fourth-order valence-corrected chi connectivity index (χ4v) is 3.79. The van der Waals surface area contributed by atoms with Gasteiger partial charge in [0.2, 0.25) is 0 Å². The molecule has 0 saturated heterocycles. The number of halogens is 3. The minimum absolute atomic E-state index is 0.129. The van der Waals surface area contributed by atoms with Gasteiger partial charge in [0, 0.05) is 30.8 Å². The van der Waals surface area contributed by atoms with Crippen molar-refractivity contribution in [3.8, 4) is 17.0 Å². The van der Waals surface area contributed by atoms with Gasteiger partial charge in [0.05, 0.1) is 19.0 Å². The van der Waals surface area contributed by atoms with Crippen LogP contribution in [0.1, 0.15) is 36.5 Å². The monoisotopic (exact) mass is 469 g/mol. The second-order valence-electron chi connectivity index (χ2n) is 7.85. The molecule has 0 spiro atoms. The van der Waals surface area contributed by atoms with E-state index in [0.717, 1.165) is 17.5 Å². The van der Waals surface area contributed by atoms with Gasteiger partial charge in [0.15, 0.2) is 5.82 Å². The summed E-state index contributed by atoms with van der Waals surface area (Å²) in [5.41, 5.74) is 9.33. The Kier molecular flexibility index (Phi) is 8.84. The zero-order chi connectivity index (χ0) is 23.8. The largest absolute Gasteiger partial charge is 0.573 e. The second-order valence-corrected chi connectivity index (χ2v) is 7.85. The van der Waals surface area contributed by atoms with E-state index in [1.807, 2.05) is 0 Å². The molecule has 1 unspecified atom stereocenters. The van der Waals surface area contributed by atoms with Gasteiger partial charge >= 0.3 is 6.36 Å². The maximum atomic E-state index is 12.7. The molecule has 33 heavy (non-hydrogen) atoms. The quantitative estimate of drug-likeness (QED) is 0.415. The summed E-state index contributed by atoms with van der Waals surface area (Å²) >= 11 is 0. The van der Waals surface area contributed by atoms with Crippen LogP contribution in [0, 0.1) is 5.92 Å². The molecule has 0 amide bonds. The third-order valence-corrected chi connectivity index (χ3v) is 5.61. The number of ether oxygens (including phenoxy) is 2. The van der Waals surface area contributed by atoms with Crippen molar-refractivity contribution in [2.75, 3.05) is 31.7 Å². The Hall–Kier alpha value is -2.47. The summed E-state index contributed by atoms with van der Waals surface area (Å²) < 4.78 is 47.9. The Morgan fingerprint density at radius 3 is 2.82 bits per heavy atom. The van der Waals surface area contributed by atoms with Gasteiger partial charge in [-0.3, -0.25) is 5.32 Å². The van der Waals surface area contributed by atoms with Crippen LogP contribution in [-0.4, -0.2) is 48.1 Å². The fraction of sp³-hybridized carbons (Fsp3) is 0.545. The van der Waals surface area contributed by atoms with Crippen LogP contribution < -0.4 is 21.1 Å². The number of aromatic nitrogens is 2. The summed E-state index contributed by atoms with van der Waals surface area (Å²) in [5.74, 6) is 0.559. The number of nitrogens with zero attached hydrogens (tertiary/aromatic N) is 2. The molecule has 11 heteroatoms. The van der Waals surface area contributed by atoms with Gasteiger partial charge in [-0.15, -0.1) is 23.4 Å². The number of nitrogens with two attached hydrogens (primary N) is 1. The van der Waals surface area contributed by atoms with Gasteiger partial charge in [-0.05, 0) is 54.6 Å². The zero-order valence-corrected chi connectivity index (χ0v) is 18.5. The summed E-state index contributed by atoms with van der Waals surface area (Å²) in [6.07, 6.45) is -2.53. The Balaban J connectivity index is 2.05. The van der Waals surface area contributed by atoms with E-state index in [1.54, 1.807) is 6.07 Å². The maximum Gasteiger partial charge on any atom is 0.573 e. The minimum atomic E-state index is -4.78. The number of nitrogens with one attached hydrogen (secondary N) is 2. The van der Waals surface area contributed by atoms with E-state index < -0.39 is 6.36 Å². The number of hydrogen-bond acceptors (Lipinski definition) is 8. The van der Waals surface area contributed by atoms with Crippen LogP contribution in [-0.2, 0) is 24.3 Å². The lowest BCUT2D eigenvalue weighted by Gasteiger charge is -2.20. The summed E-state index contributed by atoms with van der Waals surface area (Å²) in [6, 6.07) is 4.14. The first kappa shape index (κ1) is 25.2. The molecule has 2 heterocycles. The second kappa shape index (κ2) is 11.6. The summed E-state index contributed by atoms with van der Waals surface area (Å²) in [4.78, 5) is 0. The number of fused-ring (bicyclic) bond motifs is 3. The highest BCUT2D eigenvalue weighted by atomic mass is 19.4. The normalized spacial score (nSPS) is 15.0. The molecule has 3 rings (SSSR count). The van der Waals surface area contributed by atoms with Crippen LogP contribution in [0.5, 0.6) is 5.75 Å². The first-order valence-corrected chi connectivity index (χ1v) is 11.0. The molecule has 5 N–H and O–H groups in total. The average Bonchev–Trinajstić information content (AvgIpc) is 2.86. The zero-order valence-electron chi connectivity index (χ0n) is 18.5. The standard InChI is InChI=1S/C22H30F3N5O3/c1-2-14(9-26)10-28-21-19(11-27-13-31)18-4-3-7-32-12-15-8-16(33-22(23,24)25)5-6-17(15)20(18)29-30-21/h5-6,8,14,27,31H,2-4,7,9-13,26H2,1H3,(H,28,30). The van der Waals surface area contributed by atoms with Crippen LogP contribution in [0.15, 0.2) is 18.2 Å². The molecule has 1 aliphatic rings. The average molecular weight is 470 g/mol. The van der Waals surface area contributed by atoms with Gasteiger partial charge < -0.3 is 25.6 Å². The van der Waals surface area contributed by atoms with Gasteiger partial charge in [-0.2, -0.15) is 0 Å². The molecular weight excluding hydrogens is 439 g/mol. The lowest BCUT2D eigenvalue weighted by molar-refractivity contribution is -0.274. The lowest BCUT2D eigenvalue weighted by atomic mass is 9.95. The third kappa shape index (κ3) is 6.76. The van der Waals surface area contributed by atoms with Gasteiger partial charge in [-0.1, -0.05) is 13.3 Å². The molecule has 2 aromatic rings. The van der Waals surface area contributed by atoms with E-state index in [2.05, 4.69) is 32.5 Å². The highest BCUT2D eigenvalue weighted by Crippen LogP contribution is 2.35. The van der Waals surface area contributed by atoms with E-state index >= 15 is 0 Å². The smallest absolute Gasteiger partial charge is 0.406 e. The highest BCUT2D eigenvalue weighted by Gasteiger charge is 2.31. The van der Waals surface area contributed by atoms with Crippen LogP contribution in [0.3, 0.4) is 0 Å². The van der Waals surface area contributed by atoms with Crippen molar-refractivity contribution in [2.24, 2.45) is 11.7 Å². The first-order valence-electron chi connectivity index (χ1n) is 11.0. The Morgan fingerprint density at radius 1 is 1.30 bits per heavy atom. The van der Waals surface area contributed by atoms with E-state index in [4.69, 9.17) is 10.5 Å². The third-order valence-electron chi connectivity index (χ3n) is 5.61. The Labute approximate surface area is 190 Å². The molecule has 0 fully saturated rings. The van der Waals surface area contributed by atoms with E-state index in [-0.39, 0.29) is 25.0 Å². The van der Waals surface area contributed by atoms with Gasteiger partial charge in [0.1, 0.15) is 5.75 Å². The molecule has 0 radical (unpaired) electrons. The molecule has 1 atom stereocenters. The number of rotatable bonds is 9. The van der Waals surface area contributed by atoms with Crippen molar-refractivity contribution < 1.29 is 27.8 Å². The summed E-state index contributed by atoms with van der Waals surface area (Å²) in [7, 11) is 0. The van der Waals surface area contributed by atoms with Crippen molar-refractivity contribution in [3.63, 3.8) is 0 Å². The van der Waals surface area contributed by atoms with E-state index in [9.17, 15) is 18.3 Å². The molecule has 1 aliphatic heterocycles. The van der Waals surface area contributed by atoms with Crippen LogP contribution >= 0.6 is 0 Å². The van der Waals surface area contributed by atoms with Crippen molar-refractivity contribution >= 4 is 5.82 Å². The van der Waals surface area contributed by atoms with Crippen LogP contribution in [0.25, 0.3) is 11.3 Å². The lowest BCUT2D eigenvalue weighted by Crippen LogP contribution is -2.25. The van der Waals surface area contributed by atoms with Gasteiger partial charge in [0.25, 0.3) is 0 Å². The number of anilines is 1. The van der Waals surface area contributed by atoms with Crippen LogP contribution in [0.2, 0.25) is 0 Å². The maximum absolute atomic E-state index is 12.7. The molecule has 0 aliphatic carbocycles. The van der Waals surface area contributed by atoms with Crippen molar-refractivity contribution in [2.45, 2.75) is 45.7 Å². The highest BCUT2D eigenvalue weighted by molar-refractivity contribution is 5.71. The minimum Gasteiger partial charge on any atom is -0.406 e. The number of hydrogen-bond donors (Lipinski definition) is 4. The first-order chi connectivity index (χ1) is 15.9. The molecule has 8 nitrogen and oxygen atoms in total. The number of aliphatic hydroxyl groups is 1. The van der Waals surface area contributed by atoms with Crippen molar-refractivity contribution in [3.05, 3.63) is 34.9 Å². The molecule has 0 bridgehead atoms. The molecule has 182 valence electrons. The SMILES string of the molecule is CCC(CN)CNc1nnc2c(c1CNCO)CCCOCc1cc(OC(F)(F)F)ccc1-2. The molecule has 0 saturated carbocycles. The molecule has 1 aromatic carbocycles. The number of benzene rings is 1. The summed E-state index contributed by atoms with van der Waals surface area (Å²) in [6.45, 7) is 3.94. The van der Waals surface area contributed by atoms with E-state index in [1.165, 1.54) is 12.1 Å². The van der Waals surface area contributed by atoms with Gasteiger partial charge in [-0.25, -0.2) is 0 Å². The van der Waals surface area contributed by atoms with Crippen molar-refractivity contribution in [1.82, 2.24) is 15.5 Å². The molecular formula is C22H30F3N5O3. The Morgan fingerprint density at radius 2 is 2.12 bits per heavy atom. The topological polar surface area (TPSA) is 115 Å². The van der Waals surface area contributed by atoms with Crippen LogP contribution in [0.4, 0.5) is 19.0 Å². The molecule has 1 aromatic heterocycles.